The molecule has 26 heavy (non-hydrogen) atoms. The molecule has 1 aromatic carbocycles. The van der Waals surface area contributed by atoms with Gasteiger partial charge >= 0.3 is 6.03 Å². The first-order valence-corrected chi connectivity index (χ1v) is 10.0. The van der Waals surface area contributed by atoms with Crippen LogP contribution in [0.1, 0.15) is 64.5 Å². The molecule has 1 saturated heterocycles. The summed E-state index contributed by atoms with van der Waals surface area (Å²) in [5.74, 6) is 0.643. The van der Waals surface area contributed by atoms with E-state index in [-0.39, 0.29) is 17.4 Å². The standard InChI is InChI=1S/C22H34N2O2/c1-6-22(26)12-8-10-16-13-24(14-18(16)22)20(25)23-19-15(2)9-7-11-17(19)21(3,4)5/h7,9,11,16,18,26H,6,8,10,12-14H2,1-5H3,(H,23,25)/t16-,18+,22-/m1/s1. The molecule has 0 bridgehead atoms. The Kier molecular flexibility index (Phi) is 5.08. The van der Waals surface area contributed by atoms with Crippen molar-refractivity contribution in [3.8, 4) is 0 Å². The number of hydrogen-bond donors (Lipinski definition) is 2. The van der Waals surface area contributed by atoms with Gasteiger partial charge in [-0.05, 0) is 48.6 Å². The van der Waals surface area contributed by atoms with Crippen LogP contribution in [0.5, 0.6) is 0 Å². The van der Waals surface area contributed by atoms with Gasteiger partial charge in [-0.25, -0.2) is 4.79 Å². The summed E-state index contributed by atoms with van der Waals surface area (Å²) in [5.41, 5.74) is 2.55. The van der Waals surface area contributed by atoms with Crippen molar-refractivity contribution in [2.45, 2.75) is 71.3 Å². The van der Waals surface area contributed by atoms with Gasteiger partial charge in [-0.2, -0.15) is 0 Å². The van der Waals surface area contributed by atoms with Crippen LogP contribution in [-0.2, 0) is 5.41 Å². The third-order valence-electron chi connectivity index (χ3n) is 6.53. The maximum Gasteiger partial charge on any atom is 0.321 e. The Balaban J connectivity index is 1.78. The van der Waals surface area contributed by atoms with E-state index in [0.717, 1.165) is 49.0 Å². The lowest BCUT2D eigenvalue weighted by Crippen LogP contribution is -2.45. The summed E-state index contributed by atoms with van der Waals surface area (Å²) in [7, 11) is 0. The summed E-state index contributed by atoms with van der Waals surface area (Å²) >= 11 is 0. The Bertz CT molecular complexity index is 679. The third kappa shape index (κ3) is 3.48. The highest BCUT2D eigenvalue weighted by Crippen LogP contribution is 2.44. The molecule has 4 nitrogen and oxygen atoms in total. The van der Waals surface area contributed by atoms with E-state index in [1.165, 1.54) is 0 Å². The van der Waals surface area contributed by atoms with Crippen LogP contribution in [0.4, 0.5) is 10.5 Å². The van der Waals surface area contributed by atoms with Crippen molar-refractivity contribution in [1.29, 1.82) is 0 Å². The van der Waals surface area contributed by atoms with Gasteiger partial charge in [0.05, 0.1) is 5.60 Å². The van der Waals surface area contributed by atoms with Crippen molar-refractivity contribution in [2.75, 3.05) is 18.4 Å². The van der Waals surface area contributed by atoms with Crippen LogP contribution in [0.25, 0.3) is 0 Å². The number of carbonyl (C=O) groups is 1. The van der Waals surface area contributed by atoms with Crippen molar-refractivity contribution in [3.63, 3.8) is 0 Å². The van der Waals surface area contributed by atoms with Crippen molar-refractivity contribution < 1.29 is 9.90 Å². The molecule has 1 aliphatic heterocycles. The molecule has 3 atom stereocenters. The number of aryl methyl sites for hydroxylation is 1. The number of nitrogens with one attached hydrogen (secondary N) is 1. The van der Waals surface area contributed by atoms with Crippen molar-refractivity contribution in [2.24, 2.45) is 11.8 Å². The fourth-order valence-corrected chi connectivity index (χ4v) is 4.88. The van der Waals surface area contributed by atoms with Crippen LogP contribution in [0, 0.1) is 18.8 Å². The van der Waals surface area contributed by atoms with Gasteiger partial charge in [-0.3, -0.25) is 0 Å². The molecule has 1 saturated carbocycles. The second kappa shape index (κ2) is 6.88. The number of aliphatic hydroxyl groups is 1. The molecule has 1 heterocycles. The minimum absolute atomic E-state index is 0.0300. The number of hydrogen-bond acceptors (Lipinski definition) is 2. The molecule has 4 heteroatoms. The largest absolute Gasteiger partial charge is 0.390 e. The maximum absolute atomic E-state index is 13.0. The molecule has 0 radical (unpaired) electrons. The summed E-state index contributed by atoms with van der Waals surface area (Å²) in [6, 6.07) is 6.17. The molecule has 3 rings (SSSR count). The normalized spacial score (nSPS) is 28.8. The van der Waals surface area contributed by atoms with Gasteiger partial charge in [0, 0.05) is 24.7 Å². The summed E-state index contributed by atoms with van der Waals surface area (Å²) in [5, 5.41) is 14.2. The van der Waals surface area contributed by atoms with E-state index in [4.69, 9.17) is 0 Å². The minimum atomic E-state index is -0.600. The van der Waals surface area contributed by atoms with E-state index < -0.39 is 5.60 Å². The predicted octanol–water partition coefficient (Wildman–Crippen LogP) is 4.70. The van der Waals surface area contributed by atoms with Crippen molar-refractivity contribution in [3.05, 3.63) is 29.3 Å². The Morgan fingerprint density at radius 1 is 1.35 bits per heavy atom. The van der Waals surface area contributed by atoms with Gasteiger partial charge in [0.1, 0.15) is 0 Å². The first-order valence-electron chi connectivity index (χ1n) is 10.0. The number of benzene rings is 1. The van der Waals surface area contributed by atoms with Crippen molar-refractivity contribution in [1.82, 2.24) is 4.90 Å². The number of amides is 2. The Morgan fingerprint density at radius 3 is 2.73 bits per heavy atom. The summed E-state index contributed by atoms with van der Waals surface area (Å²) in [6.45, 7) is 12.0. The van der Waals surface area contributed by atoms with E-state index in [0.29, 0.717) is 12.5 Å². The number of nitrogens with zero attached hydrogens (tertiary/aromatic N) is 1. The lowest BCUT2D eigenvalue weighted by atomic mass is 9.69. The zero-order chi connectivity index (χ0) is 19.1. The van der Waals surface area contributed by atoms with E-state index in [9.17, 15) is 9.90 Å². The number of rotatable bonds is 2. The van der Waals surface area contributed by atoms with Gasteiger partial charge in [0.25, 0.3) is 0 Å². The second-order valence-electron chi connectivity index (χ2n) is 9.30. The van der Waals surface area contributed by atoms with Gasteiger partial charge in [0.2, 0.25) is 0 Å². The lowest BCUT2D eigenvalue weighted by Gasteiger charge is -2.40. The molecule has 0 aromatic heterocycles. The highest BCUT2D eigenvalue weighted by Gasteiger charge is 2.48. The fourth-order valence-electron chi connectivity index (χ4n) is 4.88. The number of anilines is 1. The topological polar surface area (TPSA) is 52.6 Å². The van der Waals surface area contributed by atoms with Crippen molar-refractivity contribution >= 4 is 11.7 Å². The van der Waals surface area contributed by atoms with E-state index in [1.54, 1.807) is 0 Å². The molecule has 2 N–H and O–H groups in total. The Labute approximate surface area is 158 Å². The molecule has 2 fully saturated rings. The lowest BCUT2D eigenvalue weighted by molar-refractivity contribution is -0.0607. The highest BCUT2D eigenvalue weighted by molar-refractivity contribution is 5.91. The van der Waals surface area contributed by atoms with Gasteiger partial charge in [0.15, 0.2) is 0 Å². The highest BCUT2D eigenvalue weighted by atomic mass is 16.3. The van der Waals surface area contributed by atoms with Gasteiger partial charge in [-0.1, -0.05) is 52.3 Å². The number of fused-ring (bicyclic) bond motifs is 1. The number of likely N-dealkylation sites (tertiary alicyclic amines) is 1. The third-order valence-corrected chi connectivity index (χ3v) is 6.53. The predicted molar refractivity (Wildman–Crippen MR) is 107 cm³/mol. The average molecular weight is 359 g/mol. The molecular formula is C22H34N2O2. The number of carbonyl (C=O) groups excluding carboxylic acids is 1. The molecule has 144 valence electrons. The summed E-state index contributed by atoms with van der Waals surface area (Å²) in [6.07, 6.45) is 3.82. The molecular weight excluding hydrogens is 324 g/mol. The molecule has 0 unspecified atom stereocenters. The smallest absolute Gasteiger partial charge is 0.321 e. The second-order valence-corrected chi connectivity index (χ2v) is 9.30. The van der Waals surface area contributed by atoms with E-state index in [2.05, 4.69) is 45.1 Å². The zero-order valence-electron chi connectivity index (χ0n) is 16.9. The molecule has 1 aromatic rings. The fraction of sp³-hybridized carbons (Fsp3) is 0.682. The van der Waals surface area contributed by atoms with Crippen LogP contribution < -0.4 is 5.32 Å². The monoisotopic (exact) mass is 358 g/mol. The van der Waals surface area contributed by atoms with Crippen LogP contribution in [0.3, 0.4) is 0 Å². The summed E-state index contributed by atoms with van der Waals surface area (Å²) < 4.78 is 0. The Hall–Kier alpha value is -1.55. The quantitative estimate of drug-likeness (QED) is 0.805. The van der Waals surface area contributed by atoms with E-state index >= 15 is 0 Å². The maximum atomic E-state index is 13.0. The first kappa shape index (κ1) is 19.2. The van der Waals surface area contributed by atoms with Crippen LogP contribution in [0.15, 0.2) is 18.2 Å². The minimum Gasteiger partial charge on any atom is -0.390 e. The molecule has 0 spiro atoms. The average Bonchev–Trinajstić information content (AvgIpc) is 3.02. The zero-order valence-corrected chi connectivity index (χ0v) is 16.9. The molecule has 2 aliphatic rings. The summed E-state index contributed by atoms with van der Waals surface area (Å²) in [4.78, 5) is 14.9. The van der Waals surface area contributed by atoms with Gasteiger partial charge < -0.3 is 15.3 Å². The molecule has 1 aliphatic carbocycles. The van der Waals surface area contributed by atoms with Gasteiger partial charge in [-0.15, -0.1) is 0 Å². The van der Waals surface area contributed by atoms with Crippen LogP contribution in [0.2, 0.25) is 0 Å². The van der Waals surface area contributed by atoms with Crippen LogP contribution in [-0.4, -0.2) is 34.7 Å². The number of para-hydroxylation sites is 1. The molecule has 2 amide bonds. The van der Waals surface area contributed by atoms with Crippen LogP contribution >= 0.6 is 0 Å². The van der Waals surface area contributed by atoms with E-state index in [1.807, 2.05) is 17.9 Å². The SMILES string of the molecule is CC[C@@]1(O)CCC[C@@H]2CN(C(=O)Nc3c(C)cccc3C(C)(C)C)C[C@@H]21. The Morgan fingerprint density at radius 2 is 2.08 bits per heavy atom. The number of urea groups is 1. The first-order chi connectivity index (χ1) is 12.2.